The van der Waals surface area contributed by atoms with Crippen LogP contribution in [0.15, 0.2) is 82.4 Å². The van der Waals surface area contributed by atoms with Crippen molar-refractivity contribution in [2.24, 2.45) is 5.10 Å². The predicted molar refractivity (Wildman–Crippen MR) is 115 cm³/mol. The van der Waals surface area contributed by atoms with Gasteiger partial charge in [0.1, 0.15) is 11.6 Å². The summed E-state index contributed by atoms with van der Waals surface area (Å²) >= 11 is 3.61. The van der Waals surface area contributed by atoms with Crippen LogP contribution in [0.1, 0.15) is 30.5 Å². The summed E-state index contributed by atoms with van der Waals surface area (Å²) < 4.78 is 21.0. The normalized spacial score (nSPS) is 16.2. The van der Waals surface area contributed by atoms with Crippen LogP contribution in [0.4, 0.5) is 10.1 Å². The highest BCUT2D eigenvalue weighted by Crippen LogP contribution is 2.40. The minimum absolute atomic E-state index is 0.207. The lowest BCUT2D eigenvalue weighted by atomic mass is 9.97. The van der Waals surface area contributed by atoms with Gasteiger partial charge in [-0.3, -0.25) is 5.01 Å². The molecule has 1 heterocycles. The van der Waals surface area contributed by atoms with Gasteiger partial charge in [0.15, 0.2) is 0 Å². The zero-order chi connectivity index (χ0) is 19.5. The second-order valence-corrected chi connectivity index (χ2v) is 7.40. The first kappa shape index (κ1) is 18.7. The second kappa shape index (κ2) is 8.15. The molecule has 0 saturated heterocycles. The molecule has 0 radical (unpaired) electrons. The third-order valence-electron chi connectivity index (χ3n) is 4.77. The molecule has 0 spiro atoms. The lowest BCUT2D eigenvalue weighted by Gasteiger charge is -2.25. The van der Waals surface area contributed by atoms with Crippen molar-refractivity contribution in [3.05, 3.63) is 94.2 Å². The van der Waals surface area contributed by atoms with E-state index >= 15 is 0 Å². The van der Waals surface area contributed by atoms with Crippen molar-refractivity contribution >= 4 is 27.3 Å². The van der Waals surface area contributed by atoms with E-state index in [1.807, 2.05) is 72.6 Å². The molecule has 0 aliphatic carbocycles. The van der Waals surface area contributed by atoms with Gasteiger partial charge in [0.25, 0.3) is 0 Å². The van der Waals surface area contributed by atoms with Crippen molar-refractivity contribution in [1.82, 2.24) is 0 Å². The molecule has 0 N–H and O–H groups in total. The molecular formula is C23H20BrFN2O. The summed E-state index contributed by atoms with van der Waals surface area (Å²) in [5.41, 5.74) is 3.49. The molecular weight excluding hydrogens is 419 g/mol. The van der Waals surface area contributed by atoms with E-state index in [0.29, 0.717) is 18.6 Å². The molecule has 0 amide bonds. The van der Waals surface area contributed by atoms with Crippen molar-refractivity contribution in [2.45, 2.75) is 19.4 Å². The van der Waals surface area contributed by atoms with Gasteiger partial charge in [-0.2, -0.15) is 5.10 Å². The Labute approximate surface area is 172 Å². The van der Waals surface area contributed by atoms with E-state index in [-0.39, 0.29) is 11.9 Å². The average molecular weight is 439 g/mol. The van der Waals surface area contributed by atoms with Gasteiger partial charge in [-0.05, 0) is 70.9 Å². The first-order valence-corrected chi connectivity index (χ1v) is 10.1. The Balaban J connectivity index is 1.74. The van der Waals surface area contributed by atoms with Gasteiger partial charge in [0.2, 0.25) is 0 Å². The number of halogens is 2. The van der Waals surface area contributed by atoms with Crippen LogP contribution in [0.5, 0.6) is 5.75 Å². The van der Waals surface area contributed by atoms with Crippen molar-refractivity contribution in [3.8, 4) is 5.75 Å². The Bertz CT molecular complexity index is 1000. The van der Waals surface area contributed by atoms with Gasteiger partial charge >= 0.3 is 0 Å². The zero-order valence-corrected chi connectivity index (χ0v) is 17.1. The number of anilines is 1. The molecule has 3 aromatic rings. The Hall–Kier alpha value is -2.66. The molecule has 5 heteroatoms. The maximum atomic E-state index is 14.6. The Kier molecular flexibility index (Phi) is 5.44. The largest absolute Gasteiger partial charge is 0.494 e. The fourth-order valence-corrected chi connectivity index (χ4v) is 3.91. The van der Waals surface area contributed by atoms with Crippen LogP contribution >= 0.6 is 15.9 Å². The van der Waals surface area contributed by atoms with Gasteiger partial charge in [0.05, 0.1) is 24.0 Å². The lowest BCUT2D eigenvalue weighted by molar-refractivity contribution is 0.340. The highest BCUT2D eigenvalue weighted by molar-refractivity contribution is 9.10. The molecule has 0 bridgehead atoms. The lowest BCUT2D eigenvalue weighted by Crippen LogP contribution is -2.20. The number of hydrogen-bond acceptors (Lipinski definition) is 3. The first-order chi connectivity index (χ1) is 13.7. The van der Waals surface area contributed by atoms with Crippen molar-refractivity contribution < 1.29 is 9.13 Å². The van der Waals surface area contributed by atoms with Crippen LogP contribution in [0.3, 0.4) is 0 Å². The van der Waals surface area contributed by atoms with Crippen LogP contribution in [0.25, 0.3) is 0 Å². The maximum Gasteiger partial charge on any atom is 0.128 e. The smallest absolute Gasteiger partial charge is 0.128 e. The molecule has 3 aromatic carbocycles. The summed E-state index contributed by atoms with van der Waals surface area (Å²) in [5.74, 6) is 0.617. The van der Waals surface area contributed by atoms with E-state index in [1.165, 1.54) is 6.07 Å². The quantitative estimate of drug-likeness (QED) is 0.463. The highest BCUT2D eigenvalue weighted by atomic mass is 79.9. The number of ether oxygens (including phenoxy) is 1. The molecule has 1 aliphatic heterocycles. The summed E-state index contributed by atoms with van der Waals surface area (Å²) in [6, 6.07) is 22.5. The van der Waals surface area contributed by atoms with Gasteiger partial charge in [0, 0.05) is 16.5 Å². The van der Waals surface area contributed by atoms with Crippen LogP contribution in [0, 0.1) is 5.82 Å². The van der Waals surface area contributed by atoms with Gasteiger partial charge < -0.3 is 4.74 Å². The van der Waals surface area contributed by atoms with Crippen LogP contribution < -0.4 is 9.75 Å². The molecule has 0 fully saturated rings. The number of rotatable bonds is 5. The zero-order valence-electron chi connectivity index (χ0n) is 15.5. The fourth-order valence-electron chi connectivity index (χ4n) is 3.44. The summed E-state index contributed by atoms with van der Waals surface area (Å²) in [4.78, 5) is 0. The summed E-state index contributed by atoms with van der Waals surface area (Å²) in [7, 11) is 0. The Morgan fingerprint density at radius 1 is 1.04 bits per heavy atom. The van der Waals surface area contributed by atoms with Gasteiger partial charge in [-0.25, -0.2) is 4.39 Å². The Morgan fingerprint density at radius 3 is 2.46 bits per heavy atom. The van der Waals surface area contributed by atoms with E-state index in [9.17, 15) is 4.39 Å². The molecule has 1 aliphatic rings. The number of hydrazone groups is 1. The molecule has 0 saturated carbocycles. The first-order valence-electron chi connectivity index (χ1n) is 9.26. The summed E-state index contributed by atoms with van der Waals surface area (Å²) in [6.07, 6.45) is 0.621. The predicted octanol–water partition coefficient (Wildman–Crippen LogP) is 6.34. The van der Waals surface area contributed by atoms with E-state index in [0.717, 1.165) is 27.2 Å². The third kappa shape index (κ3) is 3.67. The molecule has 1 atom stereocenters. The summed E-state index contributed by atoms with van der Waals surface area (Å²) in [6.45, 7) is 2.59. The molecule has 3 nitrogen and oxygen atoms in total. The highest BCUT2D eigenvalue weighted by Gasteiger charge is 2.32. The molecule has 1 unspecified atom stereocenters. The maximum absolute atomic E-state index is 14.6. The Morgan fingerprint density at radius 2 is 1.75 bits per heavy atom. The second-order valence-electron chi connectivity index (χ2n) is 6.54. The monoisotopic (exact) mass is 438 g/mol. The van der Waals surface area contributed by atoms with E-state index in [1.54, 1.807) is 6.07 Å². The SMILES string of the molecule is CCOc1ccc(C2=NN(c3ccccc3Br)C(c3ccccc3F)C2)cc1. The molecule has 28 heavy (non-hydrogen) atoms. The van der Waals surface area contributed by atoms with Gasteiger partial charge in [-0.1, -0.05) is 30.3 Å². The molecule has 142 valence electrons. The number of benzene rings is 3. The van der Waals surface area contributed by atoms with Crippen molar-refractivity contribution in [2.75, 3.05) is 11.6 Å². The third-order valence-corrected chi connectivity index (χ3v) is 5.44. The van der Waals surface area contributed by atoms with Crippen LogP contribution in [-0.4, -0.2) is 12.3 Å². The topological polar surface area (TPSA) is 24.8 Å². The van der Waals surface area contributed by atoms with Crippen LogP contribution in [0.2, 0.25) is 0 Å². The minimum atomic E-state index is -0.215. The number of para-hydroxylation sites is 1. The van der Waals surface area contributed by atoms with Crippen molar-refractivity contribution in [1.29, 1.82) is 0 Å². The number of nitrogens with zero attached hydrogens (tertiary/aromatic N) is 2. The van der Waals surface area contributed by atoms with E-state index in [2.05, 4.69) is 15.9 Å². The van der Waals surface area contributed by atoms with Gasteiger partial charge in [-0.15, -0.1) is 0 Å². The minimum Gasteiger partial charge on any atom is -0.494 e. The fraction of sp³-hybridized carbons (Fsp3) is 0.174. The standard InChI is InChI=1S/C23H20BrFN2O/c1-2-28-17-13-11-16(12-14-17)21-15-23(18-7-3-5-9-20(18)25)27(26-21)22-10-6-4-8-19(22)24/h3-14,23H,2,15H2,1H3. The molecule has 4 rings (SSSR count). The van der Waals surface area contributed by atoms with Crippen molar-refractivity contribution in [3.63, 3.8) is 0 Å². The molecule has 0 aromatic heterocycles. The van der Waals surface area contributed by atoms with E-state index < -0.39 is 0 Å². The number of hydrogen-bond donors (Lipinski definition) is 0. The van der Waals surface area contributed by atoms with E-state index in [4.69, 9.17) is 9.84 Å². The van der Waals surface area contributed by atoms with Crippen LogP contribution in [-0.2, 0) is 0 Å². The average Bonchev–Trinajstić information content (AvgIpc) is 3.14. The summed E-state index contributed by atoms with van der Waals surface area (Å²) in [5, 5.41) is 6.79.